The molecule has 3 aromatic heterocycles. The van der Waals surface area contributed by atoms with E-state index in [9.17, 15) is 8.78 Å². The molecule has 8 heteroatoms. The number of hydrogen-bond donors (Lipinski definition) is 2. The molecule has 0 radical (unpaired) electrons. The van der Waals surface area contributed by atoms with Crippen LogP contribution in [0.1, 0.15) is 25.7 Å². The summed E-state index contributed by atoms with van der Waals surface area (Å²) in [6, 6.07) is 3.14. The van der Waals surface area contributed by atoms with Gasteiger partial charge in [-0.1, -0.05) is 0 Å². The molecule has 0 bridgehead atoms. The van der Waals surface area contributed by atoms with Gasteiger partial charge in [-0.05, 0) is 43.7 Å². The highest BCUT2D eigenvalue weighted by molar-refractivity contribution is 5.61. The lowest BCUT2D eigenvalue weighted by atomic mass is 9.86. The van der Waals surface area contributed by atoms with Crippen LogP contribution in [0.5, 0.6) is 0 Å². The van der Waals surface area contributed by atoms with Gasteiger partial charge >= 0.3 is 0 Å². The molecule has 26 heavy (non-hydrogen) atoms. The highest BCUT2D eigenvalue weighted by atomic mass is 19.1. The van der Waals surface area contributed by atoms with Gasteiger partial charge in [0.2, 0.25) is 5.95 Å². The van der Waals surface area contributed by atoms with Crippen LogP contribution in [0.15, 0.2) is 30.7 Å². The summed E-state index contributed by atoms with van der Waals surface area (Å²) in [6.45, 7) is 0.722. The summed E-state index contributed by atoms with van der Waals surface area (Å²) < 4.78 is 29.3. The maximum atomic E-state index is 14.3. The molecule has 0 spiro atoms. The van der Waals surface area contributed by atoms with Gasteiger partial charge in [0.25, 0.3) is 0 Å². The zero-order valence-corrected chi connectivity index (χ0v) is 14.2. The highest BCUT2D eigenvalue weighted by Crippen LogP contribution is 2.25. The summed E-state index contributed by atoms with van der Waals surface area (Å²) in [5.74, 6) is -0.148. The number of halogens is 2. The fourth-order valence-corrected chi connectivity index (χ4v) is 3.39. The van der Waals surface area contributed by atoms with Crippen LogP contribution in [0.2, 0.25) is 0 Å². The molecule has 0 atom stereocenters. The van der Waals surface area contributed by atoms with E-state index in [1.807, 2.05) is 0 Å². The van der Waals surface area contributed by atoms with Gasteiger partial charge in [0.05, 0.1) is 18.1 Å². The average Bonchev–Trinajstić information content (AvgIpc) is 3.05. The van der Waals surface area contributed by atoms with Gasteiger partial charge in [0.15, 0.2) is 5.82 Å². The molecule has 0 saturated heterocycles. The molecule has 1 fully saturated rings. The smallest absolute Gasteiger partial charge is 0.223 e. The monoisotopic (exact) mass is 358 g/mol. The van der Waals surface area contributed by atoms with E-state index in [1.165, 1.54) is 28.9 Å². The first-order valence-corrected chi connectivity index (χ1v) is 8.75. The Morgan fingerprint density at radius 1 is 1.12 bits per heavy atom. The van der Waals surface area contributed by atoms with E-state index in [2.05, 4.69) is 20.3 Å². The molecule has 6 nitrogen and oxygen atoms in total. The Hall–Kier alpha value is -2.61. The van der Waals surface area contributed by atoms with E-state index in [0.717, 1.165) is 38.4 Å². The predicted molar refractivity (Wildman–Crippen MR) is 94.6 cm³/mol. The van der Waals surface area contributed by atoms with Crippen molar-refractivity contribution in [3.8, 4) is 11.4 Å². The maximum absolute atomic E-state index is 14.3. The van der Waals surface area contributed by atoms with Crippen LogP contribution >= 0.6 is 0 Å². The molecule has 4 rings (SSSR count). The molecule has 3 heterocycles. The minimum atomic E-state index is -0.578. The lowest BCUT2D eigenvalue weighted by Crippen LogP contribution is -2.29. The Labute approximate surface area is 149 Å². The van der Waals surface area contributed by atoms with Crippen LogP contribution in [0.3, 0.4) is 0 Å². The number of imidazole rings is 1. The van der Waals surface area contributed by atoms with Crippen LogP contribution in [0.25, 0.3) is 17.0 Å². The molecule has 0 amide bonds. The molecule has 0 unspecified atom stereocenters. The first kappa shape index (κ1) is 16.8. The van der Waals surface area contributed by atoms with Crippen molar-refractivity contribution < 1.29 is 8.78 Å². The van der Waals surface area contributed by atoms with E-state index >= 15 is 0 Å². The van der Waals surface area contributed by atoms with E-state index in [1.54, 1.807) is 0 Å². The van der Waals surface area contributed by atoms with Crippen LogP contribution in [0, 0.1) is 17.6 Å². The fourth-order valence-electron chi connectivity index (χ4n) is 3.39. The van der Waals surface area contributed by atoms with Crippen molar-refractivity contribution in [2.75, 3.05) is 11.9 Å². The predicted octanol–water partition coefficient (Wildman–Crippen LogP) is 3.00. The number of anilines is 1. The Kier molecular flexibility index (Phi) is 4.50. The second-order valence-electron chi connectivity index (χ2n) is 6.77. The standard InChI is InChI=1S/C18H20F2N6/c19-12-3-6-16-22-9-15(26(16)10-12)17-14(20)8-24-18(25-17)23-7-11-1-4-13(21)5-2-11/h3,6,8-11,13H,1-2,4-5,7,21H2,(H,23,24,25). The molecule has 1 saturated carbocycles. The second-order valence-corrected chi connectivity index (χ2v) is 6.77. The van der Waals surface area contributed by atoms with E-state index in [4.69, 9.17) is 5.73 Å². The van der Waals surface area contributed by atoms with Gasteiger partial charge < -0.3 is 11.1 Å². The zero-order valence-electron chi connectivity index (χ0n) is 14.2. The number of fused-ring (bicyclic) bond motifs is 1. The quantitative estimate of drug-likeness (QED) is 0.749. The van der Waals surface area contributed by atoms with Crippen molar-refractivity contribution in [1.82, 2.24) is 19.4 Å². The molecule has 3 N–H and O–H groups in total. The molecular formula is C18H20F2N6. The number of rotatable bonds is 4. The van der Waals surface area contributed by atoms with Crippen molar-refractivity contribution in [3.05, 3.63) is 42.4 Å². The summed E-state index contributed by atoms with van der Waals surface area (Å²) in [5, 5.41) is 3.18. The van der Waals surface area contributed by atoms with Crippen molar-refractivity contribution in [3.63, 3.8) is 0 Å². The van der Waals surface area contributed by atoms with Gasteiger partial charge in [-0.2, -0.15) is 0 Å². The normalized spacial score (nSPS) is 20.4. The Morgan fingerprint density at radius 3 is 2.73 bits per heavy atom. The molecule has 0 aromatic carbocycles. The first-order valence-electron chi connectivity index (χ1n) is 8.75. The number of pyridine rings is 1. The molecule has 0 aliphatic heterocycles. The van der Waals surface area contributed by atoms with Gasteiger partial charge in [-0.3, -0.25) is 4.40 Å². The average molecular weight is 358 g/mol. The summed E-state index contributed by atoms with van der Waals surface area (Å²) in [4.78, 5) is 12.5. The zero-order chi connectivity index (χ0) is 18.1. The summed E-state index contributed by atoms with van der Waals surface area (Å²) >= 11 is 0. The maximum Gasteiger partial charge on any atom is 0.223 e. The third-order valence-corrected chi connectivity index (χ3v) is 4.90. The van der Waals surface area contributed by atoms with E-state index < -0.39 is 11.6 Å². The van der Waals surface area contributed by atoms with Gasteiger partial charge in [0.1, 0.15) is 17.2 Å². The number of nitrogens with zero attached hydrogens (tertiary/aromatic N) is 4. The SMILES string of the molecule is NC1CCC(CNc2ncc(F)c(-c3cnc4ccc(F)cn34)n2)CC1. The van der Waals surface area contributed by atoms with Crippen molar-refractivity contribution in [2.45, 2.75) is 31.7 Å². The van der Waals surface area contributed by atoms with Gasteiger partial charge in [-0.15, -0.1) is 0 Å². The number of aromatic nitrogens is 4. The third kappa shape index (κ3) is 3.37. The van der Waals surface area contributed by atoms with Crippen LogP contribution in [0.4, 0.5) is 14.7 Å². The van der Waals surface area contributed by atoms with Crippen LogP contribution in [-0.2, 0) is 0 Å². The molecular weight excluding hydrogens is 338 g/mol. The minimum Gasteiger partial charge on any atom is -0.354 e. The van der Waals surface area contributed by atoms with Crippen LogP contribution < -0.4 is 11.1 Å². The Bertz CT molecular complexity index is 917. The van der Waals surface area contributed by atoms with E-state index in [0.29, 0.717) is 29.2 Å². The molecule has 136 valence electrons. The fraction of sp³-hybridized carbons (Fsp3) is 0.389. The highest BCUT2D eigenvalue weighted by Gasteiger charge is 2.19. The van der Waals surface area contributed by atoms with Gasteiger partial charge in [0, 0.05) is 18.8 Å². The second kappa shape index (κ2) is 6.95. The topological polar surface area (TPSA) is 81.1 Å². The summed E-state index contributed by atoms with van der Waals surface area (Å²) in [5.41, 5.74) is 6.92. The largest absolute Gasteiger partial charge is 0.354 e. The summed E-state index contributed by atoms with van der Waals surface area (Å²) in [6.07, 6.45) is 8.04. The van der Waals surface area contributed by atoms with Gasteiger partial charge in [-0.25, -0.2) is 23.7 Å². The van der Waals surface area contributed by atoms with Crippen molar-refractivity contribution in [1.29, 1.82) is 0 Å². The van der Waals surface area contributed by atoms with Crippen molar-refractivity contribution in [2.24, 2.45) is 11.7 Å². The lowest BCUT2D eigenvalue weighted by Gasteiger charge is -2.26. The summed E-state index contributed by atoms with van der Waals surface area (Å²) in [7, 11) is 0. The first-order chi connectivity index (χ1) is 12.6. The Morgan fingerprint density at radius 2 is 1.92 bits per heavy atom. The van der Waals surface area contributed by atoms with E-state index in [-0.39, 0.29) is 5.69 Å². The lowest BCUT2D eigenvalue weighted by molar-refractivity contribution is 0.338. The Balaban J connectivity index is 1.57. The molecule has 3 aromatic rings. The van der Waals surface area contributed by atoms with Crippen molar-refractivity contribution >= 4 is 11.6 Å². The molecule has 1 aliphatic rings. The minimum absolute atomic E-state index is 0.0891. The molecule has 1 aliphatic carbocycles. The number of nitrogens with one attached hydrogen (secondary N) is 1. The third-order valence-electron chi connectivity index (χ3n) is 4.90. The van der Waals surface area contributed by atoms with Crippen LogP contribution in [-0.4, -0.2) is 31.9 Å². The number of nitrogens with two attached hydrogens (primary N) is 1. The number of hydrogen-bond acceptors (Lipinski definition) is 5.